The van der Waals surface area contributed by atoms with Gasteiger partial charge in [0.25, 0.3) is 0 Å². The predicted octanol–water partition coefficient (Wildman–Crippen LogP) is -1.64. The van der Waals surface area contributed by atoms with Crippen LogP contribution in [-0.4, -0.2) is 24.5 Å². The second kappa shape index (κ2) is 3.97. The third-order valence-electron chi connectivity index (χ3n) is 0.753. The standard InChI is InChI=1S/C5H10N2O3/c1-3(7)5(9)10-4(8)2-6/h3H,2,6-7H2,1H3/t3-/m1/s1. The van der Waals surface area contributed by atoms with Crippen LogP contribution in [0.5, 0.6) is 0 Å². The third kappa shape index (κ3) is 3.16. The minimum absolute atomic E-state index is 0.307. The van der Waals surface area contributed by atoms with Crippen LogP contribution in [0.1, 0.15) is 6.92 Å². The molecular formula is C5H10N2O3. The van der Waals surface area contributed by atoms with Gasteiger partial charge in [0, 0.05) is 0 Å². The number of rotatable bonds is 2. The smallest absolute Gasteiger partial charge is 0.330 e. The number of carbonyl (C=O) groups excluding carboxylic acids is 2. The maximum Gasteiger partial charge on any atom is 0.330 e. The average Bonchev–Trinajstić information content (AvgIpc) is 1.87. The molecule has 0 spiro atoms. The fraction of sp³-hybridized carbons (Fsp3) is 0.600. The molecule has 0 saturated heterocycles. The fourth-order valence-electron chi connectivity index (χ4n) is 0.247. The molecule has 0 heterocycles. The van der Waals surface area contributed by atoms with Crippen LogP contribution in [-0.2, 0) is 14.3 Å². The van der Waals surface area contributed by atoms with Crippen molar-refractivity contribution < 1.29 is 14.3 Å². The molecule has 0 aromatic carbocycles. The molecule has 0 saturated carbocycles. The molecule has 0 radical (unpaired) electrons. The molecular weight excluding hydrogens is 136 g/mol. The SMILES string of the molecule is C[C@@H](N)C(=O)OC(=O)CN. The van der Waals surface area contributed by atoms with Crippen LogP contribution in [0.25, 0.3) is 0 Å². The van der Waals surface area contributed by atoms with Crippen LogP contribution < -0.4 is 11.5 Å². The molecule has 0 aromatic rings. The van der Waals surface area contributed by atoms with Gasteiger partial charge in [-0.2, -0.15) is 0 Å². The summed E-state index contributed by atoms with van der Waals surface area (Å²) in [5, 5.41) is 0. The van der Waals surface area contributed by atoms with E-state index >= 15 is 0 Å². The minimum Gasteiger partial charge on any atom is -0.391 e. The van der Waals surface area contributed by atoms with Gasteiger partial charge >= 0.3 is 11.9 Å². The average molecular weight is 146 g/mol. The highest BCUT2D eigenvalue weighted by atomic mass is 16.6. The second-order valence-electron chi connectivity index (χ2n) is 1.79. The summed E-state index contributed by atoms with van der Waals surface area (Å²) in [7, 11) is 0. The molecule has 1 atom stereocenters. The van der Waals surface area contributed by atoms with E-state index in [2.05, 4.69) is 4.74 Å². The topological polar surface area (TPSA) is 95.4 Å². The first-order valence-corrected chi connectivity index (χ1v) is 2.78. The lowest BCUT2D eigenvalue weighted by molar-refractivity contribution is -0.159. The number of ether oxygens (including phenoxy) is 1. The van der Waals surface area contributed by atoms with Gasteiger partial charge in [0.05, 0.1) is 6.54 Å². The summed E-state index contributed by atoms with van der Waals surface area (Å²) in [6, 6.07) is -0.782. The largest absolute Gasteiger partial charge is 0.391 e. The van der Waals surface area contributed by atoms with Crippen molar-refractivity contribution in [2.75, 3.05) is 6.54 Å². The monoisotopic (exact) mass is 146 g/mol. The Morgan fingerprint density at radius 2 is 2.10 bits per heavy atom. The van der Waals surface area contributed by atoms with E-state index in [0.29, 0.717) is 0 Å². The molecule has 0 fully saturated rings. The van der Waals surface area contributed by atoms with Crippen molar-refractivity contribution in [3.63, 3.8) is 0 Å². The molecule has 0 aliphatic rings. The highest BCUT2D eigenvalue weighted by Gasteiger charge is 2.12. The predicted molar refractivity (Wildman–Crippen MR) is 33.8 cm³/mol. The number of hydrogen-bond donors (Lipinski definition) is 2. The van der Waals surface area contributed by atoms with Crippen LogP contribution in [0.4, 0.5) is 0 Å². The van der Waals surface area contributed by atoms with Crippen LogP contribution in [0.2, 0.25) is 0 Å². The Labute approximate surface area is 58.3 Å². The van der Waals surface area contributed by atoms with Gasteiger partial charge in [0.15, 0.2) is 0 Å². The van der Waals surface area contributed by atoms with Crippen LogP contribution in [0, 0.1) is 0 Å². The summed E-state index contributed by atoms with van der Waals surface area (Å²) >= 11 is 0. The maximum atomic E-state index is 10.5. The first kappa shape index (κ1) is 9.06. The van der Waals surface area contributed by atoms with Crippen LogP contribution >= 0.6 is 0 Å². The van der Waals surface area contributed by atoms with Crippen molar-refractivity contribution in [3.05, 3.63) is 0 Å². The molecule has 10 heavy (non-hydrogen) atoms. The Bertz CT molecular complexity index is 144. The molecule has 0 aromatic heterocycles. The molecule has 58 valence electrons. The Morgan fingerprint density at radius 1 is 1.60 bits per heavy atom. The highest BCUT2D eigenvalue weighted by molar-refractivity contribution is 5.88. The summed E-state index contributed by atoms with van der Waals surface area (Å²) < 4.78 is 4.13. The first-order chi connectivity index (χ1) is 4.57. The Balaban J connectivity index is 3.69. The van der Waals surface area contributed by atoms with Crippen LogP contribution in [0.3, 0.4) is 0 Å². The molecule has 0 unspecified atom stereocenters. The zero-order chi connectivity index (χ0) is 8.15. The van der Waals surface area contributed by atoms with Gasteiger partial charge in [-0.1, -0.05) is 0 Å². The van der Waals surface area contributed by atoms with Crippen molar-refractivity contribution in [1.82, 2.24) is 0 Å². The van der Waals surface area contributed by atoms with E-state index in [9.17, 15) is 9.59 Å². The van der Waals surface area contributed by atoms with Crippen molar-refractivity contribution in [2.45, 2.75) is 13.0 Å². The van der Waals surface area contributed by atoms with Gasteiger partial charge in [0.2, 0.25) is 0 Å². The second-order valence-corrected chi connectivity index (χ2v) is 1.79. The number of esters is 2. The molecule has 0 aliphatic carbocycles. The van der Waals surface area contributed by atoms with E-state index in [4.69, 9.17) is 11.5 Å². The van der Waals surface area contributed by atoms with Crippen LogP contribution in [0.15, 0.2) is 0 Å². The molecule has 0 bridgehead atoms. The zero-order valence-electron chi connectivity index (χ0n) is 5.66. The quantitative estimate of drug-likeness (QED) is 0.360. The van der Waals surface area contributed by atoms with E-state index < -0.39 is 18.0 Å². The summed E-state index contributed by atoms with van der Waals surface area (Å²) in [5.74, 6) is -1.52. The van der Waals surface area contributed by atoms with Crippen molar-refractivity contribution >= 4 is 11.9 Å². The summed E-state index contributed by atoms with van der Waals surface area (Å²) in [4.78, 5) is 20.8. The lowest BCUT2D eigenvalue weighted by atomic mass is 10.4. The van der Waals surface area contributed by atoms with Gasteiger partial charge in [-0.25, -0.2) is 4.79 Å². The number of nitrogens with two attached hydrogens (primary N) is 2. The lowest BCUT2D eigenvalue weighted by Crippen LogP contribution is -2.32. The van der Waals surface area contributed by atoms with E-state index in [1.807, 2.05) is 0 Å². The van der Waals surface area contributed by atoms with E-state index in [0.717, 1.165) is 0 Å². The molecule has 5 nitrogen and oxygen atoms in total. The zero-order valence-corrected chi connectivity index (χ0v) is 5.66. The van der Waals surface area contributed by atoms with Crippen molar-refractivity contribution in [2.24, 2.45) is 11.5 Å². The molecule has 4 N–H and O–H groups in total. The molecule has 5 heteroatoms. The Kier molecular flexibility index (Phi) is 3.60. The first-order valence-electron chi connectivity index (χ1n) is 2.78. The van der Waals surface area contributed by atoms with Crippen molar-refractivity contribution in [3.8, 4) is 0 Å². The Morgan fingerprint density at radius 3 is 2.40 bits per heavy atom. The lowest BCUT2D eigenvalue weighted by Gasteiger charge is -2.02. The van der Waals surface area contributed by atoms with E-state index in [1.165, 1.54) is 6.92 Å². The van der Waals surface area contributed by atoms with Gasteiger partial charge in [0.1, 0.15) is 6.04 Å². The van der Waals surface area contributed by atoms with E-state index in [-0.39, 0.29) is 6.54 Å². The number of carbonyl (C=O) groups is 2. The van der Waals surface area contributed by atoms with Gasteiger partial charge in [-0.05, 0) is 6.92 Å². The molecule has 0 rings (SSSR count). The summed E-state index contributed by atoms with van der Waals surface area (Å²) in [6.07, 6.45) is 0. The normalized spacial score (nSPS) is 12.3. The number of hydrogen-bond acceptors (Lipinski definition) is 5. The van der Waals surface area contributed by atoms with Gasteiger partial charge < -0.3 is 16.2 Å². The Hall–Kier alpha value is -0.940. The van der Waals surface area contributed by atoms with Gasteiger partial charge in [-0.15, -0.1) is 0 Å². The fourth-order valence-corrected chi connectivity index (χ4v) is 0.247. The molecule has 0 amide bonds. The third-order valence-corrected chi connectivity index (χ3v) is 0.753. The highest BCUT2D eigenvalue weighted by Crippen LogP contribution is 1.83. The molecule has 0 aliphatic heterocycles. The van der Waals surface area contributed by atoms with Gasteiger partial charge in [-0.3, -0.25) is 4.79 Å². The summed E-state index contributed by atoms with van der Waals surface area (Å²) in [6.45, 7) is 1.12. The minimum atomic E-state index is -0.782. The van der Waals surface area contributed by atoms with E-state index in [1.54, 1.807) is 0 Å². The summed E-state index contributed by atoms with van der Waals surface area (Å²) in [5.41, 5.74) is 9.92. The maximum absolute atomic E-state index is 10.5. The van der Waals surface area contributed by atoms with Crippen molar-refractivity contribution in [1.29, 1.82) is 0 Å².